The first-order valence-corrected chi connectivity index (χ1v) is 8.93. The summed E-state index contributed by atoms with van der Waals surface area (Å²) in [5, 5.41) is 8.49. The van der Waals surface area contributed by atoms with Crippen LogP contribution in [0.3, 0.4) is 0 Å². The van der Waals surface area contributed by atoms with Crippen molar-refractivity contribution in [2.45, 2.75) is 19.3 Å². The standard InChI is InChI=1S/C18H17IN4/c19-14-6-8-15(9-7-14)23-18-16(5-1-2-11-21-18)17(22-23)13-4-3-10-20-12-13/h3-4,6-10,12,21H,1-2,5,11H2. The molecule has 0 aliphatic carbocycles. The highest BCUT2D eigenvalue weighted by Crippen LogP contribution is 2.33. The summed E-state index contributed by atoms with van der Waals surface area (Å²) in [5.74, 6) is 1.13. The third-order valence-corrected chi connectivity index (χ3v) is 4.85. The molecule has 3 aromatic rings. The van der Waals surface area contributed by atoms with Gasteiger partial charge >= 0.3 is 0 Å². The summed E-state index contributed by atoms with van der Waals surface area (Å²) in [6.45, 7) is 0.996. The Morgan fingerprint density at radius 1 is 1.09 bits per heavy atom. The summed E-state index contributed by atoms with van der Waals surface area (Å²) in [6, 6.07) is 12.5. The van der Waals surface area contributed by atoms with Gasteiger partial charge in [0, 0.05) is 33.6 Å². The van der Waals surface area contributed by atoms with Gasteiger partial charge in [0.05, 0.1) is 11.4 Å². The number of rotatable bonds is 2. The number of pyridine rings is 1. The molecule has 116 valence electrons. The monoisotopic (exact) mass is 416 g/mol. The van der Waals surface area contributed by atoms with E-state index in [1.54, 1.807) is 6.20 Å². The van der Waals surface area contributed by atoms with Crippen molar-refractivity contribution in [3.05, 3.63) is 57.9 Å². The fourth-order valence-electron chi connectivity index (χ4n) is 3.01. The van der Waals surface area contributed by atoms with Crippen molar-refractivity contribution in [2.24, 2.45) is 0 Å². The first-order chi connectivity index (χ1) is 11.3. The SMILES string of the molecule is Ic1ccc(-n2nc(-c3cccnc3)c3c2NCCCC3)cc1. The van der Waals surface area contributed by atoms with E-state index < -0.39 is 0 Å². The van der Waals surface area contributed by atoms with E-state index in [9.17, 15) is 0 Å². The van der Waals surface area contributed by atoms with Crippen molar-refractivity contribution in [1.29, 1.82) is 0 Å². The van der Waals surface area contributed by atoms with Crippen LogP contribution in [0.25, 0.3) is 16.9 Å². The number of halogens is 1. The van der Waals surface area contributed by atoms with E-state index in [4.69, 9.17) is 5.10 Å². The molecule has 0 amide bonds. The largest absolute Gasteiger partial charge is 0.370 e. The fraction of sp³-hybridized carbons (Fsp3) is 0.222. The van der Waals surface area contributed by atoms with Gasteiger partial charge in [-0.25, -0.2) is 4.68 Å². The third-order valence-electron chi connectivity index (χ3n) is 4.14. The molecule has 23 heavy (non-hydrogen) atoms. The van der Waals surface area contributed by atoms with Crippen molar-refractivity contribution in [3.63, 3.8) is 0 Å². The van der Waals surface area contributed by atoms with Crippen LogP contribution in [-0.2, 0) is 6.42 Å². The van der Waals surface area contributed by atoms with Crippen molar-refractivity contribution in [1.82, 2.24) is 14.8 Å². The molecule has 0 fully saturated rings. The molecule has 3 heterocycles. The third kappa shape index (κ3) is 2.85. The second-order valence-corrected chi connectivity index (χ2v) is 6.94. The lowest BCUT2D eigenvalue weighted by molar-refractivity contribution is 0.780. The molecule has 0 saturated heterocycles. The van der Waals surface area contributed by atoms with Gasteiger partial charge < -0.3 is 5.32 Å². The van der Waals surface area contributed by atoms with Crippen molar-refractivity contribution in [2.75, 3.05) is 11.9 Å². The minimum atomic E-state index is 0.996. The predicted molar refractivity (Wildman–Crippen MR) is 101 cm³/mol. The maximum atomic E-state index is 4.92. The Bertz CT molecular complexity index is 809. The quantitative estimate of drug-likeness (QED) is 0.634. The molecule has 2 aromatic heterocycles. The second kappa shape index (κ2) is 6.31. The Balaban J connectivity index is 1.89. The normalized spacial score (nSPS) is 14.0. The van der Waals surface area contributed by atoms with E-state index in [0.29, 0.717) is 0 Å². The molecule has 0 atom stereocenters. The van der Waals surface area contributed by atoms with E-state index in [0.717, 1.165) is 35.7 Å². The first-order valence-electron chi connectivity index (χ1n) is 7.85. The van der Waals surface area contributed by atoms with Crippen LogP contribution >= 0.6 is 22.6 Å². The molecule has 0 spiro atoms. The van der Waals surface area contributed by atoms with Gasteiger partial charge in [-0.15, -0.1) is 0 Å². The van der Waals surface area contributed by atoms with E-state index in [1.165, 1.54) is 22.0 Å². The summed E-state index contributed by atoms with van der Waals surface area (Å²) >= 11 is 2.33. The molecule has 0 radical (unpaired) electrons. The van der Waals surface area contributed by atoms with Crippen LogP contribution in [-0.4, -0.2) is 21.3 Å². The van der Waals surface area contributed by atoms with E-state index >= 15 is 0 Å². The first kappa shape index (κ1) is 14.7. The van der Waals surface area contributed by atoms with Gasteiger partial charge in [0.1, 0.15) is 5.82 Å². The topological polar surface area (TPSA) is 42.7 Å². The molecule has 5 heteroatoms. The molecule has 4 nitrogen and oxygen atoms in total. The highest BCUT2D eigenvalue weighted by Gasteiger charge is 2.21. The van der Waals surface area contributed by atoms with Crippen LogP contribution in [0, 0.1) is 3.57 Å². The Hall–Kier alpha value is -1.89. The van der Waals surface area contributed by atoms with Gasteiger partial charge in [-0.3, -0.25) is 4.98 Å². The number of hydrogen-bond acceptors (Lipinski definition) is 3. The van der Waals surface area contributed by atoms with Gasteiger partial charge in [-0.1, -0.05) is 0 Å². The van der Waals surface area contributed by atoms with E-state index in [-0.39, 0.29) is 0 Å². The summed E-state index contributed by atoms with van der Waals surface area (Å²) in [5.41, 5.74) is 4.51. The Labute approximate surface area is 149 Å². The zero-order valence-electron chi connectivity index (χ0n) is 12.7. The van der Waals surface area contributed by atoms with Gasteiger partial charge in [0.15, 0.2) is 0 Å². The van der Waals surface area contributed by atoms with Crippen LogP contribution < -0.4 is 5.32 Å². The summed E-state index contributed by atoms with van der Waals surface area (Å²) < 4.78 is 3.27. The zero-order valence-corrected chi connectivity index (χ0v) is 14.8. The van der Waals surface area contributed by atoms with Gasteiger partial charge in [0.2, 0.25) is 0 Å². The summed E-state index contributed by atoms with van der Waals surface area (Å²) in [6.07, 6.45) is 7.12. The lowest BCUT2D eigenvalue weighted by Crippen LogP contribution is -2.07. The lowest BCUT2D eigenvalue weighted by atomic mass is 10.1. The Morgan fingerprint density at radius 2 is 1.96 bits per heavy atom. The number of nitrogens with zero attached hydrogens (tertiary/aromatic N) is 3. The molecule has 0 unspecified atom stereocenters. The van der Waals surface area contributed by atoms with Crippen LogP contribution in [0.1, 0.15) is 18.4 Å². The Morgan fingerprint density at radius 3 is 2.74 bits per heavy atom. The number of nitrogens with one attached hydrogen (secondary N) is 1. The summed E-state index contributed by atoms with van der Waals surface area (Å²) in [7, 11) is 0. The molecule has 1 aromatic carbocycles. The highest BCUT2D eigenvalue weighted by atomic mass is 127. The predicted octanol–water partition coefficient (Wildman–Crippen LogP) is 4.29. The number of hydrogen-bond donors (Lipinski definition) is 1. The number of fused-ring (bicyclic) bond motifs is 1. The number of aromatic nitrogens is 3. The highest BCUT2D eigenvalue weighted by molar-refractivity contribution is 14.1. The molecule has 1 N–H and O–H groups in total. The van der Waals surface area contributed by atoms with E-state index in [2.05, 4.69) is 63.2 Å². The van der Waals surface area contributed by atoms with E-state index in [1.807, 2.05) is 16.9 Å². The molecule has 4 rings (SSSR count). The van der Waals surface area contributed by atoms with Gasteiger partial charge in [-0.05, 0) is 78.3 Å². The Kier molecular flexibility index (Phi) is 4.03. The van der Waals surface area contributed by atoms with Crippen molar-refractivity contribution >= 4 is 28.4 Å². The summed E-state index contributed by atoms with van der Waals surface area (Å²) in [4.78, 5) is 4.26. The minimum Gasteiger partial charge on any atom is -0.370 e. The molecule has 0 bridgehead atoms. The number of anilines is 1. The van der Waals surface area contributed by atoms with Crippen molar-refractivity contribution < 1.29 is 0 Å². The van der Waals surface area contributed by atoms with Crippen LogP contribution in [0.2, 0.25) is 0 Å². The smallest absolute Gasteiger partial charge is 0.133 e. The molecular weight excluding hydrogens is 399 g/mol. The molecular formula is C18H17IN4. The van der Waals surface area contributed by atoms with Crippen LogP contribution in [0.15, 0.2) is 48.8 Å². The zero-order chi connectivity index (χ0) is 15.6. The molecule has 0 saturated carbocycles. The molecule has 1 aliphatic heterocycles. The van der Waals surface area contributed by atoms with Gasteiger partial charge in [0.25, 0.3) is 0 Å². The average molecular weight is 416 g/mol. The lowest BCUT2D eigenvalue weighted by Gasteiger charge is -2.09. The maximum absolute atomic E-state index is 4.92. The minimum absolute atomic E-state index is 0.996. The maximum Gasteiger partial charge on any atom is 0.133 e. The van der Waals surface area contributed by atoms with Crippen molar-refractivity contribution in [3.8, 4) is 16.9 Å². The molecule has 1 aliphatic rings. The van der Waals surface area contributed by atoms with Crippen LogP contribution in [0.4, 0.5) is 5.82 Å². The van der Waals surface area contributed by atoms with Crippen LogP contribution in [0.5, 0.6) is 0 Å². The second-order valence-electron chi connectivity index (χ2n) is 5.69. The average Bonchev–Trinajstić information content (AvgIpc) is 2.78. The van der Waals surface area contributed by atoms with Gasteiger partial charge in [-0.2, -0.15) is 5.10 Å². The number of benzene rings is 1. The fourth-order valence-corrected chi connectivity index (χ4v) is 3.37.